The van der Waals surface area contributed by atoms with E-state index in [1.807, 2.05) is 27.7 Å². The van der Waals surface area contributed by atoms with Crippen molar-refractivity contribution in [2.45, 2.75) is 57.3 Å². The molecule has 0 amide bonds. The molecule has 0 aromatic carbocycles. The van der Waals surface area contributed by atoms with Gasteiger partial charge >= 0.3 is 16.7 Å². The van der Waals surface area contributed by atoms with Gasteiger partial charge in [-0.15, -0.1) is 0 Å². The second kappa shape index (κ2) is 21.1. The van der Waals surface area contributed by atoms with Crippen molar-refractivity contribution < 1.29 is 41.1 Å². The number of rotatable bonds is 19. The number of hydrogen-bond donors (Lipinski definition) is 0. The molecule has 0 radical (unpaired) electrons. The Kier molecular flexibility index (Phi) is 23.1. The Balaban J connectivity index is 0. The summed E-state index contributed by atoms with van der Waals surface area (Å²) < 4.78 is 48.4. The fraction of sp³-hybridized carbons (Fsp3) is 1.00. The molecule has 0 rings (SSSR count). The molecule has 32 heavy (non-hydrogen) atoms. The summed E-state index contributed by atoms with van der Waals surface area (Å²) in [6, 6.07) is 0. The van der Waals surface area contributed by atoms with Crippen molar-refractivity contribution >= 4 is 46.8 Å². The standard InChI is InChI=1S/C12H30O4Si2.C6H17ClO5Si2/c1-6-13-11(14-7-2)17-10(5)18-12(15-8-3)16-9-4;1-8-13(7,9-2)6-14(10-3,11-4)12-5/h10-12H,6-9,17-18H2,1-5H3;6H2,1-5H3. The highest BCUT2D eigenvalue weighted by molar-refractivity contribution is 7.16. The Bertz CT molecular complexity index is 384. The molecule has 0 aliphatic heterocycles. The minimum Gasteiger partial charge on any atom is -0.386 e. The molecular formula is C18H47ClO9Si4. The van der Waals surface area contributed by atoms with Crippen molar-refractivity contribution in [3.8, 4) is 0 Å². The summed E-state index contributed by atoms with van der Waals surface area (Å²) in [7, 11) is 1.34. The van der Waals surface area contributed by atoms with E-state index in [0.717, 1.165) is 31.6 Å². The molecule has 0 bridgehead atoms. The van der Waals surface area contributed by atoms with Crippen LogP contribution in [0, 0.1) is 0 Å². The molecule has 0 aliphatic carbocycles. The average Bonchev–Trinajstić information content (AvgIpc) is 2.78. The molecule has 0 saturated carbocycles. The fourth-order valence-corrected chi connectivity index (χ4v) is 15.1. The van der Waals surface area contributed by atoms with Gasteiger partial charge in [-0.25, -0.2) is 0 Å². The first-order chi connectivity index (χ1) is 15.2. The highest BCUT2D eigenvalue weighted by atomic mass is 35.6. The maximum absolute atomic E-state index is 6.12. The van der Waals surface area contributed by atoms with E-state index < -0.39 is 35.7 Å². The van der Waals surface area contributed by atoms with Crippen LogP contribution in [0.1, 0.15) is 34.6 Å². The van der Waals surface area contributed by atoms with Crippen molar-refractivity contribution in [2.75, 3.05) is 62.0 Å². The molecule has 14 heteroatoms. The van der Waals surface area contributed by atoms with Crippen LogP contribution in [0.15, 0.2) is 0 Å². The fourth-order valence-electron chi connectivity index (χ4n) is 2.82. The molecule has 0 unspecified atom stereocenters. The van der Waals surface area contributed by atoms with Gasteiger partial charge in [0, 0.05) is 62.0 Å². The molecule has 0 spiro atoms. The number of ether oxygens (including phenoxy) is 4. The molecule has 0 aromatic rings. The van der Waals surface area contributed by atoms with E-state index in [1.54, 1.807) is 0 Å². The monoisotopic (exact) mass is 554 g/mol. The Morgan fingerprint density at radius 3 is 1.16 bits per heavy atom. The first kappa shape index (κ1) is 35.0. The van der Waals surface area contributed by atoms with Crippen molar-refractivity contribution in [2.24, 2.45) is 0 Å². The first-order valence-corrected chi connectivity index (χ1v) is 19.3. The molecular weight excluding hydrogens is 508 g/mol. The summed E-state index contributed by atoms with van der Waals surface area (Å²) in [6.07, 6.45) is 0. The second-order valence-corrected chi connectivity index (χ2v) is 20.9. The Morgan fingerprint density at radius 2 is 0.938 bits per heavy atom. The molecule has 0 aromatic heterocycles. The molecule has 0 heterocycles. The molecule has 196 valence electrons. The SMILES string of the molecule is CCOC(OCC)[SiH2]C(C)[SiH2]C(OCC)OCC.CO[Si](Cl)(C[Si](OC)(OC)OC)OC. The molecule has 0 saturated heterocycles. The van der Waals surface area contributed by atoms with Gasteiger partial charge in [-0.05, 0) is 27.7 Å². The average molecular weight is 555 g/mol. The predicted octanol–water partition coefficient (Wildman–Crippen LogP) is 1.68. The van der Waals surface area contributed by atoms with Gasteiger partial charge in [0.1, 0.15) is 11.8 Å². The number of halogens is 1. The van der Waals surface area contributed by atoms with Crippen LogP contribution in [0.3, 0.4) is 0 Å². The Hall–Kier alpha value is 0.798. The molecule has 0 aliphatic rings. The highest BCUT2D eigenvalue weighted by Gasteiger charge is 2.51. The van der Waals surface area contributed by atoms with Crippen LogP contribution < -0.4 is 0 Å². The van der Waals surface area contributed by atoms with Crippen LogP contribution in [0.5, 0.6) is 0 Å². The van der Waals surface area contributed by atoms with Crippen LogP contribution in [0.25, 0.3) is 0 Å². The quantitative estimate of drug-likeness (QED) is 0.134. The van der Waals surface area contributed by atoms with Crippen LogP contribution >= 0.6 is 11.1 Å². The van der Waals surface area contributed by atoms with Gasteiger partial charge in [0.15, 0.2) is 0 Å². The second-order valence-electron chi connectivity index (χ2n) is 6.80. The van der Waals surface area contributed by atoms with Gasteiger partial charge in [-0.3, -0.25) is 0 Å². The van der Waals surface area contributed by atoms with E-state index in [1.165, 1.54) is 35.5 Å². The third-order valence-corrected chi connectivity index (χ3v) is 18.5. The van der Waals surface area contributed by atoms with Gasteiger partial charge < -0.3 is 41.1 Å². The summed E-state index contributed by atoms with van der Waals surface area (Å²) in [5.74, 6) is 0.123. The zero-order chi connectivity index (χ0) is 25.0. The summed E-state index contributed by atoms with van der Waals surface area (Å²) >= 11 is 6.12. The summed E-state index contributed by atoms with van der Waals surface area (Å²) in [6.45, 7) is 13.3. The van der Waals surface area contributed by atoms with Crippen LogP contribution in [-0.2, 0) is 41.1 Å². The molecule has 0 fully saturated rings. The lowest BCUT2D eigenvalue weighted by Gasteiger charge is -2.29. The van der Waals surface area contributed by atoms with Crippen molar-refractivity contribution in [1.29, 1.82) is 0 Å². The van der Waals surface area contributed by atoms with E-state index in [9.17, 15) is 0 Å². The summed E-state index contributed by atoms with van der Waals surface area (Å²) in [4.78, 5) is 0. The smallest absolute Gasteiger partial charge is 0.386 e. The minimum atomic E-state index is -2.74. The number of hydrogen-bond acceptors (Lipinski definition) is 9. The van der Waals surface area contributed by atoms with Gasteiger partial charge in [0.2, 0.25) is 0 Å². The van der Waals surface area contributed by atoms with E-state index in [2.05, 4.69) is 6.92 Å². The van der Waals surface area contributed by atoms with Gasteiger partial charge in [-0.2, -0.15) is 0 Å². The maximum atomic E-state index is 6.12. The van der Waals surface area contributed by atoms with Crippen LogP contribution in [0.4, 0.5) is 0 Å². The zero-order valence-corrected chi connectivity index (χ0v) is 27.3. The highest BCUT2D eigenvalue weighted by Crippen LogP contribution is 2.25. The van der Waals surface area contributed by atoms with E-state index in [-0.39, 0.29) is 11.8 Å². The summed E-state index contributed by atoms with van der Waals surface area (Å²) in [5.41, 5.74) is 0.345. The van der Waals surface area contributed by atoms with E-state index >= 15 is 0 Å². The topological polar surface area (TPSA) is 83.1 Å². The van der Waals surface area contributed by atoms with Gasteiger partial charge in [-0.1, -0.05) is 23.2 Å². The third kappa shape index (κ3) is 15.7. The Morgan fingerprint density at radius 1 is 0.625 bits per heavy atom. The lowest BCUT2D eigenvalue weighted by molar-refractivity contribution is -0.0854. The van der Waals surface area contributed by atoms with Crippen LogP contribution in [-0.4, -0.2) is 110 Å². The van der Waals surface area contributed by atoms with E-state index in [0.29, 0.717) is 5.67 Å². The first-order valence-electron chi connectivity index (χ1n) is 11.1. The zero-order valence-electron chi connectivity index (χ0n) is 21.7. The maximum Gasteiger partial charge on any atom is 0.503 e. The third-order valence-electron chi connectivity index (χ3n) is 4.57. The van der Waals surface area contributed by atoms with Gasteiger partial charge in [0.25, 0.3) is 0 Å². The lowest BCUT2D eigenvalue weighted by atomic mass is 10.8. The summed E-state index contributed by atoms with van der Waals surface area (Å²) in [5, 5.41) is 0.719. The van der Waals surface area contributed by atoms with Crippen molar-refractivity contribution in [1.82, 2.24) is 0 Å². The molecule has 0 atom stereocenters. The minimum absolute atomic E-state index is 0.0615. The van der Waals surface area contributed by atoms with Crippen molar-refractivity contribution in [3.05, 3.63) is 0 Å². The lowest BCUT2D eigenvalue weighted by Crippen LogP contribution is -2.52. The van der Waals surface area contributed by atoms with Crippen LogP contribution in [0.2, 0.25) is 10.8 Å². The Labute approximate surface area is 207 Å². The molecule has 0 N–H and O–H groups in total. The normalized spacial score (nSPS) is 14.2. The molecule has 9 nitrogen and oxygen atoms in total. The predicted molar refractivity (Wildman–Crippen MR) is 138 cm³/mol. The van der Waals surface area contributed by atoms with E-state index in [4.69, 9.17) is 52.2 Å². The largest absolute Gasteiger partial charge is 0.503 e. The van der Waals surface area contributed by atoms with Gasteiger partial charge in [0.05, 0.1) is 24.7 Å². The van der Waals surface area contributed by atoms with Crippen molar-refractivity contribution in [3.63, 3.8) is 0 Å².